The molecule has 0 aromatic heterocycles. The molecule has 0 aliphatic rings. The minimum Gasteiger partial charge on any atom is -0.496 e. The van der Waals surface area contributed by atoms with E-state index < -0.39 is 0 Å². The Balaban J connectivity index is 2.69. The van der Waals surface area contributed by atoms with Crippen LogP contribution in [0.25, 0.3) is 0 Å². The molecule has 2 N–H and O–H groups in total. The van der Waals surface area contributed by atoms with E-state index in [1.54, 1.807) is 14.0 Å². The summed E-state index contributed by atoms with van der Waals surface area (Å²) in [6.07, 6.45) is -0.318. The van der Waals surface area contributed by atoms with Crippen LogP contribution in [0, 0.1) is 6.92 Å². The van der Waals surface area contributed by atoms with Gasteiger partial charge in [0.05, 0.1) is 13.2 Å². The molecule has 0 spiro atoms. The van der Waals surface area contributed by atoms with Crippen molar-refractivity contribution in [2.24, 2.45) is 0 Å². The molecule has 1 aromatic rings. The van der Waals surface area contributed by atoms with Crippen LogP contribution >= 0.6 is 0 Å². The van der Waals surface area contributed by atoms with Crippen LogP contribution in [0.4, 0.5) is 0 Å². The smallest absolute Gasteiger partial charge is 0.121 e. The minimum absolute atomic E-state index is 0.235. The highest BCUT2D eigenvalue weighted by atomic mass is 16.5. The van der Waals surface area contributed by atoms with Crippen LogP contribution < -0.4 is 10.1 Å². The molecular weight excluding hydrogens is 202 g/mol. The fourth-order valence-electron chi connectivity index (χ4n) is 1.64. The van der Waals surface area contributed by atoms with Crippen LogP contribution in [0.3, 0.4) is 0 Å². The Morgan fingerprint density at radius 1 is 1.38 bits per heavy atom. The van der Waals surface area contributed by atoms with Crippen molar-refractivity contribution in [1.29, 1.82) is 0 Å². The number of benzene rings is 1. The highest BCUT2D eigenvalue weighted by Gasteiger charge is 2.07. The van der Waals surface area contributed by atoms with Gasteiger partial charge < -0.3 is 15.2 Å². The van der Waals surface area contributed by atoms with Crippen molar-refractivity contribution in [3.63, 3.8) is 0 Å². The standard InChI is InChI=1S/C13H21NO2/c1-9-7-12(5-6-13(9)16-4)11(3)14-8-10(2)15/h5-7,10-11,14-15H,8H2,1-4H3/t10-,11?/m0/s1. The van der Waals surface area contributed by atoms with Gasteiger partial charge >= 0.3 is 0 Å². The number of aliphatic hydroxyl groups is 1. The van der Waals surface area contributed by atoms with E-state index in [2.05, 4.69) is 18.3 Å². The zero-order valence-corrected chi connectivity index (χ0v) is 10.4. The van der Waals surface area contributed by atoms with Crippen molar-refractivity contribution in [2.75, 3.05) is 13.7 Å². The van der Waals surface area contributed by atoms with Crippen LogP contribution in [0.2, 0.25) is 0 Å². The molecule has 0 saturated carbocycles. The Hall–Kier alpha value is -1.06. The normalized spacial score (nSPS) is 14.6. The van der Waals surface area contributed by atoms with Gasteiger partial charge in [0.15, 0.2) is 0 Å². The van der Waals surface area contributed by atoms with Gasteiger partial charge in [-0.3, -0.25) is 0 Å². The van der Waals surface area contributed by atoms with E-state index in [-0.39, 0.29) is 12.1 Å². The molecule has 3 heteroatoms. The van der Waals surface area contributed by atoms with Crippen molar-refractivity contribution in [2.45, 2.75) is 32.9 Å². The van der Waals surface area contributed by atoms with Crippen LogP contribution in [0.15, 0.2) is 18.2 Å². The molecule has 0 fully saturated rings. The van der Waals surface area contributed by atoms with Gasteiger partial charge in [0.2, 0.25) is 0 Å². The number of hydrogen-bond acceptors (Lipinski definition) is 3. The molecule has 0 heterocycles. The van der Waals surface area contributed by atoms with E-state index in [1.807, 2.05) is 19.1 Å². The lowest BCUT2D eigenvalue weighted by Crippen LogP contribution is -2.27. The minimum atomic E-state index is -0.318. The molecule has 1 rings (SSSR count). The molecular formula is C13H21NO2. The summed E-state index contributed by atoms with van der Waals surface area (Å²) in [5.41, 5.74) is 2.34. The highest BCUT2D eigenvalue weighted by molar-refractivity contribution is 5.37. The zero-order valence-electron chi connectivity index (χ0n) is 10.4. The first-order chi connectivity index (χ1) is 7.54. The Morgan fingerprint density at radius 2 is 2.06 bits per heavy atom. The largest absolute Gasteiger partial charge is 0.496 e. The monoisotopic (exact) mass is 223 g/mol. The summed E-state index contributed by atoms with van der Waals surface area (Å²) in [5, 5.41) is 12.5. The quantitative estimate of drug-likeness (QED) is 0.802. The number of nitrogens with one attached hydrogen (secondary N) is 1. The van der Waals surface area contributed by atoms with Gasteiger partial charge in [0.25, 0.3) is 0 Å². The van der Waals surface area contributed by atoms with E-state index in [9.17, 15) is 5.11 Å². The number of hydrogen-bond donors (Lipinski definition) is 2. The molecule has 0 aliphatic heterocycles. The molecule has 1 unspecified atom stereocenters. The summed E-state index contributed by atoms with van der Waals surface area (Å²) in [7, 11) is 1.68. The maximum absolute atomic E-state index is 9.20. The summed E-state index contributed by atoms with van der Waals surface area (Å²) in [5.74, 6) is 0.909. The van der Waals surface area contributed by atoms with Crippen molar-refractivity contribution < 1.29 is 9.84 Å². The molecule has 1 aromatic carbocycles. The number of aliphatic hydroxyl groups excluding tert-OH is 1. The lowest BCUT2D eigenvalue weighted by atomic mass is 10.0. The van der Waals surface area contributed by atoms with Crippen LogP contribution in [0.1, 0.15) is 31.0 Å². The third-order valence-electron chi connectivity index (χ3n) is 2.64. The molecule has 0 amide bonds. The Kier molecular flexibility index (Phi) is 4.77. The van der Waals surface area contributed by atoms with Crippen molar-refractivity contribution in [3.05, 3.63) is 29.3 Å². The number of aryl methyl sites for hydroxylation is 1. The SMILES string of the molecule is COc1ccc(C(C)NC[C@H](C)O)cc1C. The van der Waals surface area contributed by atoms with Gasteiger partial charge in [0, 0.05) is 12.6 Å². The summed E-state index contributed by atoms with van der Waals surface area (Å²) in [6, 6.07) is 6.37. The van der Waals surface area contributed by atoms with Gasteiger partial charge in [-0.05, 0) is 38.0 Å². The van der Waals surface area contributed by atoms with Gasteiger partial charge in [-0.15, -0.1) is 0 Å². The van der Waals surface area contributed by atoms with Crippen molar-refractivity contribution in [1.82, 2.24) is 5.32 Å². The average molecular weight is 223 g/mol. The number of ether oxygens (including phenoxy) is 1. The Labute approximate surface area is 97.4 Å². The summed E-state index contributed by atoms with van der Waals surface area (Å²) >= 11 is 0. The number of methoxy groups -OCH3 is 1. The maximum Gasteiger partial charge on any atom is 0.121 e. The molecule has 0 bridgehead atoms. The second-order valence-corrected chi connectivity index (χ2v) is 4.21. The molecule has 0 aliphatic carbocycles. The Bertz CT molecular complexity index is 337. The van der Waals surface area contributed by atoms with Gasteiger partial charge in [-0.2, -0.15) is 0 Å². The van der Waals surface area contributed by atoms with E-state index in [0.29, 0.717) is 6.54 Å². The predicted octanol–water partition coefficient (Wildman–Crippen LogP) is 2.04. The molecule has 2 atom stereocenters. The fourth-order valence-corrected chi connectivity index (χ4v) is 1.64. The maximum atomic E-state index is 9.20. The summed E-state index contributed by atoms with van der Waals surface area (Å²) < 4.78 is 5.22. The number of rotatable bonds is 5. The Morgan fingerprint density at radius 3 is 2.56 bits per heavy atom. The lowest BCUT2D eigenvalue weighted by molar-refractivity contribution is 0.187. The molecule has 0 saturated heterocycles. The second-order valence-electron chi connectivity index (χ2n) is 4.21. The third kappa shape index (κ3) is 3.51. The molecule has 3 nitrogen and oxygen atoms in total. The zero-order chi connectivity index (χ0) is 12.1. The second kappa shape index (κ2) is 5.87. The van der Waals surface area contributed by atoms with Crippen LogP contribution in [0.5, 0.6) is 5.75 Å². The molecule has 0 radical (unpaired) electrons. The fraction of sp³-hybridized carbons (Fsp3) is 0.538. The van der Waals surface area contributed by atoms with E-state index in [4.69, 9.17) is 4.74 Å². The van der Waals surface area contributed by atoms with Gasteiger partial charge in [0.1, 0.15) is 5.75 Å². The lowest BCUT2D eigenvalue weighted by Gasteiger charge is -2.17. The highest BCUT2D eigenvalue weighted by Crippen LogP contribution is 2.22. The first-order valence-electron chi connectivity index (χ1n) is 5.60. The van der Waals surface area contributed by atoms with Gasteiger partial charge in [-0.25, -0.2) is 0 Å². The molecule has 16 heavy (non-hydrogen) atoms. The third-order valence-corrected chi connectivity index (χ3v) is 2.64. The van der Waals surface area contributed by atoms with Crippen LogP contribution in [-0.4, -0.2) is 24.9 Å². The summed E-state index contributed by atoms with van der Waals surface area (Å²) in [4.78, 5) is 0. The van der Waals surface area contributed by atoms with Crippen molar-refractivity contribution >= 4 is 0 Å². The topological polar surface area (TPSA) is 41.5 Å². The van der Waals surface area contributed by atoms with Crippen molar-refractivity contribution in [3.8, 4) is 5.75 Å². The van der Waals surface area contributed by atoms with Gasteiger partial charge in [-0.1, -0.05) is 12.1 Å². The van der Waals surface area contributed by atoms with E-state index in [1.165, 1.54) is 5.56 Å². The van der Waals surface area contributed by atoms with E-state index in [0.717, 1.165) is 11.3 Å². The predicted molar refractivity (Wildman–Crippen MR) is 65.8 cm³/mol. The van der Waals surface area contributed by atoms with E-state index >= 15 is 0 Å². The first-order valence-corrected chi connectivity index (χ1v) is 5.60. The average Bonchev–Trinajstić information content (AvgIpc) is 2.25. The first kappa shape index (κ1) is 13.0. The molecule has 90 valence electrons. The summed E-state index contributed by atoms with van der Waals surface area (Å²) in [6.45, 7) is 6.50. The van der Waals surface area contributed by atoms with Crippen LogP contribution in [-0.2, 0) is 0 Å².